The van der Waals surface area contributed by atoms with E-state index in [0.29, 0.717) is 22.3 Å². The minimum absolute atomic E-state index is 0.0416. The van der Waals surface area contributed by atoms with Gasteiger partial charge in [-0.05, 0) is 42.3 Å². The molecule has 36 heavy (non-hydrogen) atoms. The van der Waals surface area contributed by atoms with Crippen LogP contribution < -0.4 is 10.2 Å². The van der Waals surface area contributed by atoms with Gasteiger partial charge in [0.15, 0.2) is 0 Å². The SMILES string of the molecule is COC(=O)CCC(=O)N1CCC(=CC(=O)Nc2ccc3cccnc3c2)c2ccc(C(F)(F)F)cc21. The Morgan fingerprint density at radius 3 is 2.67 bits per heavy atom. The summed E-state index contributed by atoms with van der Waals surface area (Å²) in [6.45, 7) is 0.0628. The molecule has 0 atom stereocenters. The van der Waals surface area contributed by atoms with E-state index in [1.807, 2.05) is 12.1 Å². The molecule has 10 heteroatoms. The predicted molar refractivity (Wildman–Crippen MR) is 128 cm³/mol. The van der Waals surface area contributed by atoms with Gasteiger partial charge in [-0.15, -0.1) is 0 Å². The lowest BCUT2D eigenvalue weighted by Gasteiger charge is -2.32. The van der Waals surface area contributed by atoms with Crippen molar-refractivity contribution >= 4 is 45.6 Å². The van der Waals surface area contributed by atoms with Gasteiger partial charge in [0.05, 0.1) is 30.3 Å². The fourth-order valence-electron chi connectivity index (χ4n) is 4.03. The van der Waals surface area contributed by atoms with Gasteiger partial charge in [0.2, 0.25) is 11.8 Å². The molecule has 0 radical (unpaired) electrons. The smallest absolute Gasteiger partial charge is 0.416 e. The summed E-state index contributed by atoms with van der Waals surface area (Å²) in [7, 11) is 1.19. The number of esters is 1. The van der Waals surface area contributed by atoms with Crippen molar-refractivity contribution in [2.24, 2.45) is 0 Å². The number of fused-ring (bicyclic) bond motifs is 2. The Hall–Kier alpha value is -4.21. The first-order valence-corrected chi connectivity index (χ1v) is 11.1. The second-order valence-electron chi connectivity index (χ2n) is 8.17. The summed E-state index contributed by atoms with van der Waals surface area (Å²) in [5.74, 6) is -1.56. The van der Waals surface area contributed by atoms with Crippen molar-refractivity contribution in [1.82, 2.24) is 4.98 Å². The zero-order valence-corrected chi connectivity index (χ0v) is 19.3. The normalized spacial score (nSPS) is 14.4. The molecule has 4 rings (SSSR count). The number of nitrogens with one attached hydrogen (secondary N) is 1. The van der Waals surface area contributed by atoms with Crippen LogP contribution in [0.2, 0.25) is 0 Å². The van der Waals surface area contributed by atoms with Crippen molar-refractivity contribution < 1.29 is 32.3 Å². The van der Waals surface area contributed by atoms with E-state index in [1.165, 1.54) is 24.2 Å². The largest absolute Gasteiger partial charge is 0.469 e. The van der Waals surface area contributed by atoms with E-state index >= 15 is 0 Å². The quantitative estimate of drug-likeness (QED) is 0.397. The standard InChI is InChI=1S/C26H22F3N3O4/c1-36-25(35)9-8-24(34)32-12-10-17(20-7-5-18(14-22(20)32)26(27,28)29)13-23(33)31-19-6-4-16-3-2-11-30-21(16)15-19/h2-7,11,13-15H,8-10,12H2,1H3,(H,31,33). The summed E-state index contributed by atoms with van der Waals surface area (Å²) in [4.78, 5) is 42.4. The molecule has 0 aliphatic carbocycles. The number of amides is 2. The van der Waals surface area contributed by atoms with Crippen LogP contribution in [0.15, 0.2) is 60.8 Å². The molecular formula is C26H22F3N3O4. The third-order valence-corrected chi connectivity index (χ3v) is 5.82. The highest BCUT2D eigenvalue weighted by atomic mass is 19.4. The number of hydrogen-bond donors (Lipinski definition) is 1. The van der Waals surface area contributed by atoms with E-state index in [9.17, 15) is 27.6 Å². The maximum Gasteiger partial charge on any atom is 0.416 e. The molecule has 1 aliphatic rings. The third-order valence-electron chi connectivity index (χ3n) is 5.82. The van der Waals surface area contributed by atoms with Crippen molar-refractivity contribution in [3.63, 3.8) is 0 Å². The second kappa shape index (κ2) is 10.2. The second-order valence-corrected chi connectivity index (χ2v) is 8.17. The Morgan fingerprint density at radius 1 is 1.11 bits per heavy atom. The first kappa shape index (κ1) is 24.9. The Balaban J connectivity index is 1.62. The molecule has 0 fully saturated rings. The van der Waals surface area contributed by atoms with Crippen LogP contribution in [-0.4, -0.2) is 36.4 Å². The molecule has 0 saturated heterocycles. The van der Waals surface area contributed by atoms with Crippen molar-refractivity contribution in [2.75, 3.05) is 23.9 Å². The summed E-state index contributed by atoms with van der Waals surface area (Å²) >= 11 is 0. The van der Waals surface area contributed by atoms with Crippen molar-refractivity contribution in [2.45, 2.75) is 25.4 Å². The van der Waals surface area contributed by atoms with E-state index in [4.69, 9.17) is 0 Å². The van der Waals surface area contributed by atoms with E-state index in [-0.39, 0.29) is 31.5 Å². The number of ether oxygens (including phenoxy) is 1. The van der Waals surface area contributed by atoms with Crippen LogP contribution in [0.4, 0.5) is 24.5 Å². The number of methoxy groups -OCH3 is 1. The average Bonchev–Trinajstić information content (AvgIpc) is 2.86. The molecule has 1 N–H and O–H groups in total. The number of carbonyl (C=O) groups excluding carboxylic acids is 3. The van der Waals surface area contributed by atoms with Crippen molar-refractivity contribution in [3.05, 3.63) is 71.9 Å². The number of nitrogens with zero attached hydrogens (tertiary/aromatic N) is 2. The molecule has 7 nitrogen and oxygen atoms in total. The van der Waals surface area contributed by atoms with Crippen LogP contribution in [0, 0.1) is 0 Å². The van der Waals surface area contributed by atoms with Crippen molar-refractivity contribution in [1.29, 1.82) is 0 Å². The van der Waals surface area contributed by atoms with Crippen LogP contribution in [0.25, 0.3) is 16.5 Å². The number of hydrogen-bond acceptors (Lipinski definition) is 5. The highest BCUT2D eigenvalue weighted by molar-refractivity contribution is 6.07. The minimum Gasteiger partial charge on any atom is -0.469 e. The zero-order valence-electron chi connectivity index (χ0n) is 19.3. The van der Waals surface area contributed by atoms with E-state index in [0.717, 1.165) is 17.5 Å². The zero-order chi connectivity index (χ0) is 25.9. The lowest BCUT2D eigenvalue weighted by Crippen LogP contribution is -2.35. The number of aromatic nitrogens is 1. The van der Waals surface area contributed by atoms with Gasteiger partial charge in [-0.1, -0.05) is 18.2 Å². The van der Waals surface area contributed by atoms with Gasteiger partial charge in [0.1, 0.15) is 0 Å². The van der Waals surface area contributed by atoms with Crippen LogP contribution in [-0.2, 0) is 25.3 Å². The Kier molecular flexibility index (Phi) is 7.05. The number of rotatable bonds is 5. The Labute approximate surface area is 204 Å². The van der Waals surface area contributed by atoms with Gasteiger partial charge < -0.3 is 15.0 Å². The Morgan fingerprint density at radius 2 is 1.92 bits per heavy atom. The average molecular weight is 497 g/mol. The first-order valence-electron chi connectivity index (χ1n) is 11.1. The van der Waals surface area contributed by atoms with Crippen molar-refractivity contribution in [3.8, 4) is 0 Å². The molecule has 186 valence electrons. The summed E-state index contributed by atoms with van der Waals surface area (Å²) in [6.07, 6.45) is -1.80. The first-order chi connectivity index (χ1) is 17.2. The fourth-order valence-corrected chi connectivity index (χ4v) is 4.03. The lowest BCUT2D eigenvalue weighted by atomic mass is 9.93. The van der Waals surface area contributed by atoms with Crippen LogP contribution in [0.3, 0.4) is 0 Å². The molecule has 2 aromatic carbocycles. The van der Waals surface area contributed by atoms with Gasteiger partial charge in [-0.2, -0.15) is 13.2 Å². The summed E-state index contributed by atoms with van der Waals surface area (Å²) in [5.41, 5.74) is 1.18. The maximum absolute atomic E-state index is 13.4. The maximum atomic E-state index is 13.4. The van der Waals surface area contributed by atoms with E-state index in [1.54, 1.807) is 24.4 Å². The third kappa shape index (κ3) is 5.54. The number of alkyl halides is 3. The molecule has 0 saturated carbocycles. The molecule has 1 aromatic heterocycles. The number of pyridine rings is 1. The molecule has 0 unspecified atom stereocenters. The van der Waals surface area contributed by atoms with Crippen LogP contribution in [0.1, 0.15) is 30.4 Å². The van der Waals surface area contributed by atoms with Gasteiger partial charge in [0.25, 0.3) is 0 Å². The molecule has 0 bridgehead atoms. The lowest BCUT2D eigenvalue weighted by molar-refractivity contribution is -0.141. The van der Waals surface area contributed by atoms with Gasteiger partial charge in [-0.25, -0.2) is 0 Å². The number of benzene rings is 2. The fraction of sp³-hybridized carbons (Fsp3) is 0.231. The number of anilines is 2. The molecule has 2 amide bonds. The highest BCUT2D eigenvalue weighted by Gasteiger charge is 2.34. The predicted octanol–water partition coefficient (Wildman–Crippen LogP) is 4.97. The number of halogens is 3. The summed E-state index contributed by atoms with van der Waals surface area (Å²) < 4.78 is 44.7. The van der Waals surface area contributed by atoms with E-state index in [2.05, 4.69) is 15.0 Å². The highest BCUT2D eigenvalue weighted by Crippen LogP contribution is 2.40. The summed E-state index contributed by atoms with van der Waals surface area (Å²) in [6, 6.07) is 12.0. The molecule has 0 spiro atoms. The minimum atomic E-state index is -4.61. The van der Waals surface area contributed by atoms with E-state index < -0.39 is 29.5 Å². The monoisotopic (exact) mass is 497 g/mol. The summed E-state index contributed by atoms with van der Waals surface area (Å²) in [5, 5.41) is 3.66. The van der Waals surface area contributed by atoms with Gasteiger partial charge >= 0.3 is 12.1 Å². The van der Waals surface area contributed by atoms with Gasteiger partial charge in [-0.3, -0.25) is 19.4 Å². The molecule has 1 aliphatic heterocycles. The number of carbonyl (C=O) groups is 3. The van der Waals surface area contributed by atoms with Crippen LogP contribution >= 0.6 is 0 Å². The molecule has 3 aromatic rings. The topological polar surface area (TPSA) is 88.6 Å². The molecular weight excluding hydrogens is 475 g/mol. The van der Waals surface area contributed by atoms with Gasteiger partial charge in [0, 0.05) is 41.9 Å². The Bertz CT molecular complexity index is 1370. The van der Waals surface area contributed by atoms with Crippen LogP contribution in [0.5, 0.6) is 0 Å². The molecule has 2 heterocycles.